The van der Waals surface area contributed by atoms with Crippen molar-refractivity contribution in [3.05, 3.63) is 0 Å². The Hall–Kier alpha value is -0.160. The van der Waals surface area contributed by atoms with E-state index in [1.807, 2.05) is 0 Å². The van der Waals surface area contributed by atoms with Crippen LogP contribution in [0.2, 0.25) is 0 Å². The van der Waals surface area contributed by atoms with Crippen molar-refractivity contribution in [3.63, 3.8) is 0 Å². The van der Waals surface area contributed by atoms with Gasteiger partial charge in [0.15, 0.2) is 0 Å². The molecule has 1 saturated heterocycles. The lowest BCUT2D eigenvalue weighted by Crippen LogP contribution is -2.65. The van der Waals surface area contributed by atoms with Crippen molar-refractivity contribution in [2.24, 2.45) is 5.73 Å². The third-order valence-electron chi connectivity index (χ3n) is 4.48. The summed E-state index contributed by atoms with van der Waals surface area (Å²) < 4.78 is 5.40. The van der Waals surface area contributed by atoms with Crippen LogP contribution >= 0.6 is 0 Å². The van der Waals surface area contributed by atoms with Crippen LogP contribution in [0, 0.1) is 0 Å². The molecule has 0 spiro atoms. The third-order valence-corrected chi connectivity index (χ3v) is 4.48. The smallest absolute Gasteiger partial charge is 0.0658 e. The van der Waals surface area contributed by atoms with Gasteiger partial charge in [0.05, 0.1) is 12.1 Å². The Morgan fingerprint density at radius 1 is 1.29 bits per heavy atom. The van der Waals surface area contributed by atoms with E-state index in [1.54, 1.807) is 7.11 Å². The molecule has 1 aliphatic rings. The van der Waals surface area contributed by atoms with E-state index < -0.39 is 0 Å². The van der Waals surface area contributed by atoms with Gasteiger partial charge in [-0.15, -0.1) is 0 Å². The van der Waals surface area contributed by atoms with Gasteiger partial charge in [0.1, 0.15) is 0 Å². The summed E-state index contributed by atoms with van der Waals surface area (Å²) in [4.78, 5) is 4.98. The second-order valence-electron chi connectivity index (χ2n) is 5.48. The van der Waals surface area contributed by atoms with E-state index in [4.69, 9.17) is 10.5 Å². The number of likely N-dealkylation sites (N-methyl/N-ethyl adjacent to an activating group) is 1. The minimum absolute atomic E-state index is 0.0124. The highest BCUT2D eigenvalue weighted by molar-refractivity contribution is 4.96. The Balaban J connectivity index is 2.81. The fraction of sp³-hybridized carbons (Fsp3) is 1.00. The maximum atomic E-state index is 6.03. The summed E-state index contributed by atoms with van der Waals surface area (Å²) >= 11 is 0. The van der Waals surface area contributed by atoms with E-state index in [-0.39, 0.29) is 5.54 Å². The zero-order valence-electron chi connectivity index (χ0n) is 12.1. The molecule has 4 nitrogen and oxygen atoms in total. The minimum Gasteiger partial charge on any atom is -0.383 e. The molecule has 102 valence electrons. The van der Waals surface area contributed by atoms with Crippen molar-refractivity contribution >= 4 is 0 Å². The summed E-state index contributed by atoms with van der Waals surface area (Å²) in [5.41, 5.74) is 6.04. The highest BCUT2D eigenvalue weighted by atomic mass is 16.5. The monoisotopic (exact) mass is 243 g/mol. The molecule has 3 unspecified atom stereocenters. The number of piperazine rings is 1. The van der Waals surface area contributed by atoms with Crippen molar-refractivity contribution in [2.75, 3.05) is 40.4 Å². The second-order valence-corrected chi connectivity index (χ2v) is 5.48. The number of nitrogens with two attached hydrogens (primary N) is 1. The Morgan fingerprint density at radius 2 is 1.82 bits per heavy atom. The Morgan fingerprint density at radius 3 is 2.18 bits per heavy atom. The third kappa shape index (κ3) is 2.99. The average Bonchev–Trinajstić information content (AvgIpc) is 2.32. The molecular weight excluding hydrogens is 214 g/mol. The van der Waals surface area contributed by atoms with E-state index in [2.05, 4.69) is 37.6 Å². The Bertz CT molecular complexity index is 219. The molecule has 1 rings (SSSR count). The molecule has 1 aliphatic heterocycles. The molecule has 2 N–H and O–H groups in total. The Kier molecular flexibility index (Phi) is 5.38. The zero-order valence-corrected chi connectivity index (χ0v) is 12.1. The molecule has 0 saturated carbocycles. The fourth-order valence-corrected chi connectivity index (χ4v) is 2.81. The first-order valence-electron chi connectivity index (χ1n) is 6.66. The number of methoxy groups -OCH3 is 1. The van der Waals surface area contributed by atoms with Crippen molar-refractivity contribution in [3.8, 4) is 0 Å². The number of nitrogens with zero attached hydrogens (tertiary/aromatic N) is 2. The van der Waals surface area contributed by atoms with Crippen molar-refractivity contribution in [1.82, 2.24) is 9.80 Å². The number of rotatable bonds is 5. The van der Waals surface area contributed by atoms with Gasteiger partial charge in [-0.1, -0.05) is 6.92 Å². The van der Waals surface area contributed by atoms with Gasteiger partial charge < -0.3 is 10.5 Å². The van der Waals surface area contributed by atoms with E-state index in [9.17, 15) is 0 Å². The average molecular weight is 243 g/mol. The van der Waals surface area contributed by atoms with Crippen LogP contribution in [0.25, 0.3) is 0 Å². The van der Waals surface area contributed by atoms with Crippen LogP contribution in [-0.4, -0.2) is 67.8 Å². The largest absolute Gasteiger partial charge is 0.383 e. The molecule has 17 heavy (non-hydrogen) atoms. The summed E-state index contributed by atoms with van der Waals surface area (Å²) in [5, 5.41) is 0. The van der Waals surface area contributed by atoms with Crippen LogP contribution in [0.1, 0.15) is 27.2 Å². The molecule has 4 heteroatoms. The van der Waals surface area contributed by atoms with Crippen LogP contribution in [-0.2, 0) is 4.74 Å². The second kappa shape index (κ2) is 6.14. The van der Waals surface area contributed by atoms with Gasteiger partial charge in [0, 0.05) is 38.8 Å². The van der Waals surface area contributed by atoms with Crippen LogP contribution in [0.4, 0.5) is 0 Å². The van der Waals surface area contributed by atoms with E-state index in [1.165, 1.54) is 0 Å². The molecule has 0 amide bonds. The fourth-order valence-electron chi connectivity index (χ4n) is 2.81. The van der Waals surface area contributed by atoms with Crippen molar-refractivity contribution < 1.29 is 4.74 Å². The summed E-state index contributed by atoms with van der Waals surface area (Å²) in [6.07, 6.45) is 1.04. The predicted octanol–water partition coefficient (Wildman–Crippen LogP) is 0.765. The molecule has 0 aromatic carbocycles. The van der Waals surface area contributed by atoms with Crippen LogP contribution in [0.3, 0.4) is 0 Å². The SMILES string of the molecule is CCC(CN)(COC)N1CC(C)N(C)C(C)C1. The lowest BCUT2D eigenvalue weighted by atomic mass is 9.91. The van der Waals surface area contributed by atoms with Gasteiger partial charge in [-0.25, -0.2) is 0 Å². The van der Waals surface area contributed by atoms with E-state index in [0.717, 1.165) is 26.1 Å². The first-order chi connectivity index (χ1) is 8.00. The first kappa shape index (κ1) is 14.9. The quantitative estimate of drug-likeness (QED) is 0.774. The van der Waals surface area contributed by atoms with Crippen molar-refractivity contribution in [2.45, 2.75) is 44.8 Å². The maximum Gasteiger partial charge on any atom is 0.0658 e. The van der Waals surface area contributed by atoms with Gasteiger partial charge in [-0.2, -0.15) is 0 Å². The molecule has 0 aliphatic carbocycles. The number of ether oxygens (including phenoxy) is 1. The number of hydrogen-bond acceptors (Lipinski definition) is 4. The van der Waals surface area contributed by atoms with E-state index in [0.29, 0.717) is 18.6 Å². The molecule has 1 heterocycles. The highest BCUT2D eigenvalue weighted by Gasteiger charge is 2.39. The highest BCUT2D eigenvalue weighted by Crippen LogP contribution is 2.25. The summed E-state index contributed by atoms with van der Waals surface area (Å²) in [6, 6.07) is 1.15. The van der Waals surface area contributed by atoms with Gasteiger partial charge in [0.25, 0.3) is 0 Å². The molecule has 0 aromatic rings. The summed E-state index contributed by atoms with van der Waals surface area (Å²) in [7, 11) is 3.97. The van der Waals surface area contributed by atoms with Gasteiger partial charge in [-0.3, -0.25) is 9.80 Å². The number of hydrogen-bond donors (Lipinski definition) is 1. The van der Waals surface area contributed by atoms with E-state index >= 15 is 0 Å². The summed E-state index contributed by atoms with van der Waals surface area (Å²) in [5.74, 6) is 0. The van der Waals surface area contributed by atoms with Gasteiger partial charge in [0.2, 0.25) is 0 Å². The molecule has 1 fully saturated rings. The maximum absolute atomic E-state index is 6.03. The predicted molar refractivity (Wildman–Crippen MR) is 72.2 cm³/mol. The standard InChI is InChI=1S/C13H29N3O/c1-6-13(9-14,10-17-5)16-7-11(2)15(4)12(3)8-16/h11-12H,6-10,14H2,1-5H3. The lowest BCUT2D eigenvalue weighted by molar-refractivity contribution is -0.0447. The van der Waals surface area contributed by atoms with Gasteiger partial charge in [-0.05, 0) is 27.3 Å². The first-order valence-corrected chi connectivity index (χ1v) is 6.66. The summed E-state index contributed by atoms with van der Waals surface area (Å²) in [6.45, 7) is 10.3. The topological polar surface area (TPSA) is 41.7 Å². The van der Waals surface area contributed by atoms with Gasteiger partial charge >= 0.3 is 0 Å². The zero-order chi connectivity index (χ0) is 13.1. The molecular formula is C13H29N3O. The Labute approximate surface area is 106 Å². The van der Waals surface area contributed by atoms with Crippen molar-refractivity contribution in [1.29, 1.82) is 0 Å². The molecule has 0 bridgehead atoms. The van der Waals surface area contributed by atoms with Crippen LogP contribution in [0.15, 0.2) is 0 Å². The molecule has 3 atom stereocenters. The van der Waals surface area contributed by atoms with Crippen LogP contribution in [0.5, 0.6) is 0 Å². The van der Waals surface area contributed by atoms with Crippen LogP contribution < -0.4 is 5.73 Å². The normalized spacial score (nSPS) is 31.4. The minimum atomic E-state index is 0.0124. The molecule has 0 radical (unpaired) electrons. The lowest BCUT2D eigenvalue weighted by Gasteiger charge is -2.51. The molecule has 0 aromatic heterocycles.